The van der Waals surface area contributed by atoms with Crippen LogP contribution in [0.4, 0.5) is 0 Å². The number of aromatic amines is 2. The maximum absolute atomic E-state index is 5.50. The molecule has 40 heavy (non-hydrogen) atoms. The minimum absolute atomic E-state index is 0.716. The summed E-state index contributed by atoms with van der Waals surface area (Å²) in [6.45, 7) is 12.7. The third-order valence-electron chi connectivity index (χ3n) is 7.71. The van der Waals surface area contributed by atoms with Crippen molar-refractivity contribution in [1.82, 2.24) is 19.9 Å². The van der Waals surface area contributed by atoms with E-state index >= 15 is 0 Å². The first-order valence-corrected chi connectivity index (χ1v) is 13.5. The highest BCUT2D eigenvalue weighted by Crippen LogP contribution is 2.39. The van der Waals surface area contributed by atoms with Gasteiger partial charge in [-0.2, -0.15) is 0 Å². The molecule has 0 aliphatic heterocycles. The summed E-state index contributed by atoms with van der Waals surface area (Å²) in [6.07, 6.45) is 0. The number of imidazole rings is 2. The van der Waals surface area contributed by atoms with Crippen molar-refractivity contribution in [3.63, 3.8) is 0 Å². The standard InChI is InChI=1S/C34H34N4O2/c1-17-9-25(29-19(3)13-23(39-7)14-20(29)4)31-27(11-17)35-33(37-31)34-36-28-12-18(2)10-26(32(28)38-34)30-21(5)15-24(40-8)16-22(30)6/h9-16H,1-8H3,(H,35,37)(H,36,38). The van der Waals surface area contributed by atoms with E-state index in [0.29, 0.717) is 11.6 Å². The molecule has 4 aromatic carbocycles. The number of ether oxygens (including phenoxy) is 2. The third-order valence-corrected chi connectivity index (χ3v) is 7.71. The molecular formula is C34H34N4O2. The third kappa shape index (κ3) is 4.20. The van der Waals surface area contributed by atoms with E-state index < -0.39 is 0 Å². The van der Waals surface area contributed by atoms with Gasteiger partial charge in [0.1, 0.15) is 11.5 Å². The predicted molar refractivity (Wildman–Crippen MR) is 164 cm³/mol. The van der Waals surface area contributed by atoms with Crippen LogP contribution in [0.5, 0.6) is 11.5 Å². The molecule has 0 saturated carbocycles. The Bertz CT molecular complexity index is 1760. The van der Waals surface area contributed by atoms with Gasteiger partial charge in [0.2, 0.25) is 0 Å². The van der Waals surface area contributed by atoms with Crippen LogP contribution in [0.15, 0.2) is 48.5 Å². The summed E-state index contributed by atoms with van der Waals surface area (Å²) >= 11 is 0. The molecule has 0 aliphatic carbocycles. The van der Waals surface area contributed by atoms with E-state index in [-0.39, 0.29) is 0 Å². The summed E-state index contributed by atoms with van der Waals surface area (Å²) in [6, 6.07) is 17.0. The molecule has 6 aromatic rings. The second-order valence-corrected chi connectivity index (χ2v) is 10.9. The number of benzene rings is 4. The number of fused-ring (bicyclic) bond motifs is 2. The molecule has 6 heteroatoms. The molecule has 0 amide bonds. The van der Waals surface area contributed by atoms with Crippen molar-refractivity contribution in [2.75, 3.05) is 14.2 Å². The van der Waals surface area contributed by atoms with Crippen LogP contribution in [0, 0.1) is 41.5 Å². The number of aryl methyl sites for hydroxylation is 6. The topological polar surface area (TPSA) is 75.8 Å². The number of methoxy groups -OCH3 is 2. The van der Waals surface area contributed by atoms with Gasteiger partial charge in [-0.15, -0.1) is 0 Å². The summed E-state index contributed by atoms with van der Waals surface area (Å²) in [7, 11) is 3.41. The fourth-order valence-corrected chi connectivity index (χ4v) is 6.06. The summed E-state index contributed by atoms with van der Waals surface area (Å²) in [5.41, 5.74) is 15.3. The van der Waals surface area contributed by atoms with Crippen LogP contribution < -0.4 is 9.47 Å². The average Bonchev–Trinajstić information content (AvgIpc) is 3.52. The van der Waals surface area contributed by atoms with Crippen molar-refractivity contribution in [3.05, 3.63) is 81.9 Å². The lowest BCUT2D eigenvalue weighted by atomic mass is 9.93. The van der Waals surface area contributed by atoms with Gasteiger partial charge in [-0.3, -0.25) is 0 Å². The molecular weight excluding hydrogens is 496 g/mol. The summed E-state index contributed by atoms with van der Waals surface area (Å²) in [5, 5.41) is 0. The van der Waals surface area contributed by atoms with Gasteiger partial charge in [0.15, 0.2) is 11.6 Å². The first kappa shape index (κ1) is 25.7. The van der Waals surface area contributed by atoms with Crippen molar-refractivity contribution in [2.24, 2.45) is 0 Å². The van der Waals surface area contributed by atoms with Crippen molar-refractivity contribution in [3.8, 4) is 45.4 Å². The van der Waals surface area contributed by atoms with Gasteiger partial charge in [-0.25, -0.2) is 9.97 Å². The van der Waals surface area contributed by atoms with E-state index in [2.05, 4.69) is 100 Å². The van der Waals surface area contributed by atoms with Crippen molar-refractivity contribution < 1.29 is 9.47 Å². The van der Waals surface area contributed by atoms with Crippen molar-refractivity contribution in [1.29, 1.82) is 0 Å². The number of hydrogen-bond donors (Lipinski definition) is 2. The maximum atomic E-state index is 5.50. The molecule has 0 fully saturated rings. The lowest BCUT2D eigenvalue weighted by Gasteiger charge is -2.13. The smallest absolute Gasteiger partial charge is 0.174 e. The lowest BCUT2D eigenvalue weighted by Crippen LogP contribution is -1.93. The van der Waals surface area contributed by atoms with E-state index in [1.165, 1.54) is 22.3 Å². The Kier molecular flexibility index (Phi) is 6.14. The SMILES string of the molecule is COc1cc(C)c(-c2cc(C)cc3[nH]c(-c4nc5c(-c6c(C)cc(OC)cc6C)cc(C)cc5[nH]4)nc23)c(C)c1. The quantitative estimate of drug-likeness (QED) is 0.235. The van der Waals surface area contributed by atoms with Crippen LogP contribution in [-0.2, 0) is 0 Å². The van der Waals surface area contributed by atoms with Crippen molar-refractivity contribution in [2.45, 2.75) is 41.5 Å². The Balaban J connectivity index is 1.54. The molecule has 0 spiro atoms. The van der Waals surface area contributed by atoms with Crippen LogP contribution in [0.2, 0.25) is 0 Å². The van der Waals surface area contributed by atoms with Gasteiger partial charge in [-0.05, 0) is 135 Å². The molecule has 2 heterocycles. The van der Waals surface area contributed by atoms with Crippen LogP contribution in [0.25, 0.3) is 56.0 Å². The van der Waals surface area contributed by atoms with E-state index in [0.717, 1.165) is 66.9 Å². The summed E-state index contributed by atoms with van der Waals surface area (Å²) in [4.78, 5) is 17.3. The lowest BCUT2D eigenvalue weighted by molar-refractivity contribution is 0.414. The molecule has 2 aromatic heterocycles. The Morgan fingerprint density at radius 1 is 0.500 bits per heavy atom. The van der Waals surface area contributed by atoms with Crippen LogP contribution in [0.1, 0.15) is 33.4 Å². The van der Waals surface area contributed by atoms with Crippen LogP contribution >= 0.6 is 0 Å². The minimum atomic E-state index is 0.716. The first-order chi connectivity index (χ1) is 19.2. The van der Waals surface area contributed by atoms with Gasteiger partial charge < -0.3 is 19.4 Å². The predicted octanol–water partition coefficient (Wildman–Crippen LogP) is 8.31. The normalized spacial score (nSPS) is 11.5. The first-order valence-electron chi connectivity index (χ1n) is 13.5. The molecule has 0 unspecified atom stereocenters. The minimum Gasteiger partial charge on any atom is -0.497 e. The fraction of sp³-hybridized carbons (Fsp3) is 0.235. The number of hydrogen-bond acceptors (Lipinski definition) is 4. The Morgan fingerprint density at radius 3 is 1.18 bits per heavy atom. The molecule has 2 N–H and O–H groups in total. The molecule has 202 valence electrons. The molecule has 6 nitrogen and oxygen atoms in total. The molecule has 0 bridgehead atoms. The highest BCUT2D eigenvalue weighted by molar-refractivity contribution is 5.98. The molecule has 0 aliphatic rings. The largest absolute Gasteiger partial charge is 0.497 e. The van der Waals surface area contributed by atoms with E-state index in [4.69, 9.17) is 19.4 Å². The average molecular weight is 531 g/mol. The zero-order chi connectivity index (χ0) is 28.3. The number of nitrogens with one attached hydrogen (secondary N) is 2. The zero-order valence-electron chi connectivity index (χ0n) is 24.3. The number of rotatable bonds is 5. The Hall–Kier alpha value is -4.58. The van der Waals surface area contributed by atoms with E-state index in [1.54, 1.807) is 14.2 Å². The van der Waals surface area contributed by atoms with Gasteiger partial charge in [0.25, 0.3) is 0 Å². The molecule has 0 radical (unpaired) electrons. The van der Waals surface area contributed by atoms with E-state index in [1.807, 2.05) is 0 Å². The summed E-state index contributed by atoms with van der Waals surface area (Å²) < 4.78 is 11.0. The van der Waals surface area contributed by atoms with Crippen molar-refractivity contribution >= 4 is 22.1 Å². The highest BCUT2D eigenvalue weighted by Gasteiger charge is 2.20. The summed E-state index contributed by atoms with van der Waals surface area (Å²) in [5.74, 6) is 3.16. The number of H-pyrrole nitrogens is 2. The maximum Gasteiger partial charge on any atom is 0.174 e. The van der Waals surface area contributed by atoms with Crippen LogP contribution in [-0.4, -0.2) is 34.2 Å². The molecule has 6 rings (SSSR count). The molecule has 0 saturated heterocycles. The number of nitrogens with zero attached hydrogens (tertiary/aromatic N) is 2. The fourth-order valence-electron chi connectivity index (χ4n) is 6.06. The van der Waals surface area contributed by atoms with E-state index in [9.17, 15) is 0 Å². The highest BCUT2D eigenvalue weighted by atomic mass is 16.5. The molecule has 0 atom stereocenters. The zero-order valence-corrected chi connectivity index (χ0v) is 24.3. The monoisotopic (exact) mass is 530 g/mol. The Labute approximate surface area is 234 Å². The second-order valence-electron chi connectivity index (χ2n) is 10.9. The second kappa shape index (κ2) is 9.56. The van der Waals surface area contributed by atoms with Gasteiger partial charge in [0, 0.05) is 11.1 Å². The Morgan fingerprint density at radius 2 is 0.850 bits per heavy atom. The van der Waals surface area contributed by atoms with Gasteiger partial charge in [0.05, 0.1) is 36.3 Å². The van der Waals surface area contributed by atoms with Crippen LogP contribution in [0.3, 0.4) is 0 Å². The number of aromatic nitrogens is 4. The van der Waals surface area contributed by atoms with Gasteiger partial charge >= 0.3 is 0 Å². The van der Waals surface area contributed by atoms with Gasteiger partial charge in [-0.1, -0.05) is 0 Å².